The zero-order valence-corrected chi connectivity index (χ0v) is 10.7. The fourth-order valence-corrected chi connectivity index (χ4v) is 1.63. The molecule has 0 aliphatic carbocycles. The van der Waals surface area contributed by atoms with Gasteiger partial charge in [0.2, 0.25) is 5.82 Å². The summed E-state index contributed by atoms with van der Waals surface area (Å²) in [6.07, 6.45) is 0. The van der Waals surface area contributed by atoms with E-state index < -0.39 is 17.5 Å². The SMILES string of the molecule is NC(=NO)c1ccc(COc2cccc(F)c2F)c(F)c1. The number of hydrogen-bond acceptors (Lipinski definition) is 3. The van der Waals surface area contributed by atoms with Crippen molar-refractivity contribution in [2.24, 2.45) is 10.9 Å². The summed E-state index contributed by atoms with van der Waals surface area (Å²) in [7, 11) is 0. The van der Waals surface area contributed by atoms with Gasteiger partial charge < -0.3 is 15.7 Å². The standard InChI is InChI=1S/C14H11F3N2O2/c15-10-2-1-3-12(13(10)17)21-7-9-5-4-8(6-11(9)16)14(18)19-20/h1-6,20H,7H2,(H2,18,19). The van der Waals surface area contributed by atoms with Crippen LogP contribution in [0.2, 0.25) is 0 Å². The van der Waals surface area contributed by atoms with Gasteiger partial charge in [-0.2, -0.15) is 4.39 Å². The third-order valence-electron chi connectivity index (χ3n) is 2.76. The molecule has 0 saturated heterocycles. The van der Waals surface area contributed by atoms with Crippen molar-refractivity contribution in [1.29, 1.82) is 0 Å². The highest BCUT2D eigenvalue weighted by molar-refractivity contribution is 5.97. The van der Waals surface area contributed by atoms with E-state index in [-0.39, 0.29) is 29.3 Å². The Morgan fingerprint density at radius 3 is 2.57 bits per heavy atom. The van der Waals surface area contributed by atoms with Crippen molar-refractivity contribution in [3.05, 3.63) is 65.0 Å². The second-order valence-electron chi connectivity index (χ2n) is 4.13. The van der Waals surface area contributed by atoms with Crippen molar-refractivity contribution in [2.75, 3.05) is 0 Å². The first kappa shape index (κ1) is 14.7. The van der Waals surface area contributed by atoms with Crippen LogP contribution in [0.5, 0.6) is 5.75 Å². The lowest BCUT2D eigenvalue weighted by atomic mass is 10.1. The first-order chi connectivity index (χ1) is 10.0. The van der Waals surface area contributed by atoms with E-state index in [1.54, 1.807) is 0 Å². The number of amidine groups is 1. The van der Waals surface area contributed by atoms with Gasteiger partial charge in [0.25, 0.3) is 0 Å². The first-order valence-electron chi connectivity index (χ1n) is 5.86. The van der Waals surface area contributed by atoms with E-state index in [2.05, 4.69) is 5.16 Å². The van der Waals surface area contributed by atoms with Crippen LogP contribution in [0.15, 0.2) is 41.6 Å². The van der Waals surface area contributed by atoms with E-state index in [0.29, 0.717) is 0 Å². The lowest BCUT2D eigenvalue weighted by Gasteiger charge is -2.09. The molecule has 3 N–H and O–H groups in total. The van der Waals surface area contributed by atoms with E-state index in [4.69, 9.17) is 15.7 Å². The van der Waals surface area contributed by atoms with Crippen LogP contribution in [0.4, 0.5) is 13.2 Å². The van der Waals surface area contributed by atoms with Gasteiger partial charge in [-0.1, -0.05) is 23.4 Å². The Morgan fingerprint density at radius 2 is 1.90 bits per heavy atom. The van der Waals surface area contributed by atoms with E-state index in [0.717, 1.165) is 12.1 Å². The average Bonchev–Trinajstić information content (AvgIpc) is 2.49. The first-order valence-corrected chi connectivity index (χ1v) is 5.86. The van der Waals surface area contributed by atoms with Crippen LogP contribution in [0, 0.1) is 17.5 Å². The van der Waals surface area contributed by atoms with Crippen molar-refractivity contribution in [3.63, 3.8) is 0 Å². The van der Waals surface area contributed by atoms with Gasteiger partial charge >= 0.3 is 0 Å². The number of halogens is 3. The number of hydrogen-bond donors (Lipinski definition) is 2. The molecule has 0 radical (unpaired) electrons. The maximum Gasteiger partial charge on any atom is 0.200 e. The van der Waals surface area contributed by atoms with Crippen LogP contribution < -0.4 is 10.5 Å². The van der Waals surface area contributed by atoms with Gasteiger partial charge in [-0.25, -0.2) is 8.78 Å². The number of nitrogens with two attached hydrogens (primary N) is 1. The highest BCUT2D eigenvalue weighted by Crippen LogP contribution is 2.21. The molecule has 0 heterocycles. The molecule has 0 aromatic heterocycles. The third kappa shape index (κ3) is 3.25. The highest BCUT2D eigenvalue weighted by atomic mass is 19.2. The second kappa shape index (κ2) is 6.17. The Bertz CT molecular complexity index is 690. The summed E-state index contributed by atoms with van der Waals surface area (Å²) < 4.78 is 45.2. The van der Waals surface area contributed by atoms with Crippen LogP contribution in [0.1, 0.15) is 11.1 Å². The summed E-state index contributed by atoms with van der Waals surface area (Å²) in [6.45, 7) is -0.289. The summed E-state index contributed by atoms with van der Waals surface area (Å²) in [6, 6.07) is 7.29. The molecule has 2 aromatic rings. The second-order valence-corrected chi connectivity index (χ2v) is 4.13. The number of benzene rings is 2. The lowest BCUT2D eigenvalue weighted by Crippen LogP contribution is -2.13. The smallest absolute Gasteiger partial charge is 0.200 e. The minimum atomic E-state index is -1.13. The number of nitrogens with zero attached hydrogens (tertiary/aromatic N) is 1. The molecule has 110 valence electrons. The summed E-state index contributed by atoms with van der Waals surface area (Å²) >= 11 is 0. The van der Waals surface area contributed by atoms with Crippen molar-refractivity contribution >= 4 is 5.84 Å². The van der Waals surface area contributed by atoms with Gasteiger partial charge in [-0.05, 0) is 18.2 Å². The molecule has 2 rings (SSSR count). The summed E-state index contributed by atoms with van der Waals surface area (Å²) in [5, 5.41) is 11.2. The molecule has 4 nitrogen and oxygen atoms in total. The van der Waals surface area contributed by atoms with Crippen molar-refractivity contribution in [2.45, 2.75) is 6.61 Å². The van der Waals surface area contributed by atoms with Gasteiger partial charge in [0.05, 0.1) is 0 Å². The van der Waals surface area contributed by atoms with Gasteiger partial charge in [0, 0.05) is 11.1 Å². The zero-order valence-electron chi connectivity index (χ0n) is 10.7. The number of ether oxygens (including phenoxy) is 1. The maximum atomic E-state index is 13.8. The number of oxime groups is 1. The van der Waals surface area contributed by atoms with Crippen molar-refractivity contribution in [3.8, 4) is 5.75 Å². The van der Waals surface area contributed by atoms with Crippen LogP contribution in [-0.4, -0.2) is 11.0 Å². The Labute approximate surface area is 118 Å². The monoisotopic (exact) mass is 296 g/mol. The predicted molar refractivity (Wildman–Crippen MR) is 69.6 cm³/mol. The maximum absolute atomic E-state index is 13.8. The molecule has 0 saturated carbocycles. The highest BCUT2D eigenvalue weighted by Gasteiger charge is 2.11. The largest absolute Gasteiger partial charge is 0.486 e. The molecule has 0 bridgehead atoms. The number of rotatable bonds is 4. The Hall–Kier alpha value is -2.70. The molecular formula is C14H11F3N2O2. The molecule has 21 heavy (non-hydrogen) atoms. The average molecular weight is 296 g/mol. The van der Waals surface area contributed by atoms with E-state index >= 15 is 0 Å². The van der Waals surface area contributed by atoms with Crippen molar-refractivity contribution < 1.29 is 23.1 Å². The van der Waals surface area contributed by atoms with E-state index in [9.17, 15) is 13.2 Å². The molecule has 0 aliphatic rings. The van der Waals surface area contributed by atoms with Gasteiger partial charge in [-0.15, -0.1) is 0 Å². The minimum absolute atomic E-state index is 0.119. The molecular weight excluding hydrogens is 285 g/mol. The van der Waals surface area contributed by atoms with Crippen LogP contribution >= 0.6 is 0 Å². The van der Waals surface area contributed by atoms with Crippen LogP contribution in [0.25, 0.3) is 0 Å². The summed E-state index contributed by atoms with van der Waals surface area (Å²) in [5.41, 5.74) is 5.63. The Balaban J connectivity index is 2.15. The van der Waals surface area contributed by atoms with Gasteiger partial charge in [0.1, 0.15) is 12.4 Å². The van der Waals surface area contributed by atoms with Gasteiger partial charge in [0.15, 0.2) is 17.4 Å². The topological polar surface area (TPSA) is 67.8 Å². The summed E-state index contributed by atoms with van der Waals surface area (Å²) in [4.78, 5) is 0. The molecule has 0 aliphatic heterocycles. The van der Waals surface area contributed by atoms with Gasteiger partial charge in [-0.3, -0.25) is 0 Å². The zero-order chi connectivity index (χ0) is 15.4. The minimum Gasteiger partial charge on any atom is -0.486 e. The van der Waals surface area contributed by atoms with E-state index in [1.807, 2.05) is 0 Å². The molecule has 0 fully saturated rings. The molecule has 0 amide bonds. The normalized spacial score (nSPS) is 11.5. The van der Waals surface area contributed by atoms with Crippen LogP contribution in [0.3, 0.4) is 0 Å². The third-order valence-corrected chi connectivity index (χ3v) is 2.76. The van der Waals surface area contributed by atoms with E-state index in [1.165, 1.54) is 24.3 Å². The van der Waals surface area contributed by atoms with Crippen molar-refractivity contribution in [1.82, 2.24) is 0 Å². The molecule has 0 spiro atoms. The molecule has 0 atom stereocenters. The fraction of sp³-hybridized carbons (Fsp3) is 0.0714. The lowest BCUT2D eigenvalue weighted by molar-refractivity contribution is 0.279. The fourth-order valence-electron chi connectivity index (χ4n) is 1.63. The van der Waals surface area contributed by atoms with Crippen LogP contribution in [-0.2, 0) is 6.61 Å². The molecule has 2 aromatic carbocycles. The Morgan fingerprint density at radius 1 is 1.14 bits per heavy atom. The summed E-state index contributed by atoms with van der Waals surface area (Å²) in [5.74, 6) is -3.40. The molecule has 0 unspecified atom stereocenters. The predicted octanol–water partition coefficient (Wildman–Crippen LogP) is 2.78. The molecule has 7 heteroatoms. The quantitative estimate of drug-likeness (QED) is 0.394. The Kier molecular flexibility index (Phi) is 4.32.